The Morgan fingerprint density at radius 1 is 1.50 bits per heavy atom. The topological polar surface area (TPSA) is 72.5 Å². The summed E-state index contributed by atoms with van der Waals surface area (Å²) in [7, 11) is 0. The van der Waals surface area contributed by atoms with Gasteiger partial charge in [0.05, 0.1) is 12.2 Å². The highest BCUT2D eigenvalue weighted by Gasteiger charge is 2.40. The molecule has 0 bridgehead atoms. The van der Waals surface area contributed by atoms with E-state index < -0.39 is 17.6 Å². The van der Waals surface area contributed by atoms with Crippen LogP contribution in [0.1, 0.15) is 39.0 Å². The molecule has 0 radical (unpaired) electrons. The van der Waals surface area contributed by atoms with Gasteiger partial charge in [0, 0.05) is 0 Å². The lowest BCUT2D eigenvalue weighted by Gasteiger charge is -2.35. The number of aliphatic hydroxyl groups is 1. The molecule has 0 aromatic heterocycles. The fraction of sp³-hybridized carbons (Fsp3) is 0.900. The van der Waals surface area contributed by atoms with E-state index in [1.54, 1.807) is 6.92 Å². The third kappa shape index (κ3) is 2.45. The molecule has 0 aliphatic heterocycles. The summed E-state index contributed by atoms with van der Waals surface area (Å²) >= 11 is 0. The van der Waals surface area contributed by atoms with Crippen molar-refractivity contribution in [2.45, 2.75) is 50.7 Å². The third-order valence-corrected chi connectivity index (χ3v) is 2.84. The molecule has 1 unspecified atom stereocenters. The molecular weight excluding hydrogens is 182 g/mol. The maximum atomic E-state index is 11.3. The number of carbonyl (C=O) groups is 1. The second kappa shape index (κ2) is 4.75. The number of ether oxygens (including phenoxy) is 1. The van der Waals surface area contributed by atoms with E-state index in [4.69, 9.17) is 10.5 Å². The van der Waals surface area contributed by atoms with Gasteiger partial charge in [0.2, 0.25) is 0 Å². The van der Waals surface area contributed by atoms with Crippen molar-refractivity contribution >= 4 is 5.97 Å². The second-order valence-electron chi connectivity index (χ2n) is 3.89. The van der Waals surface area contributed by atoms with Crippen LogP contribution in [0.4, 0.5) is 0 Å². The lowest BCUT2D eigenvalue weighted by Crippen LogP contribution is -2.54. The Labute approximate surface area is 84.4 Å². The second-order valence-corrected chi connectivity index (χ2v) is 3.89. The van der Waals surface area contributed by atoms with Crippen LogP contribution in [0, 0.1) is 0 Å². The maximum absolute atomic E-state index is 11.3. The van der Waals surface area contributed by atoms with E-state index in [-0.39, 0.29) is 0 Å². The average molecular weight is 201 g/mol. The van der Waals surface area contributed by atoms with E-state index in [2.05, 4.69) is 0 Å². The van der Waals surface area contributed by atoms with Crippen LogP contribution in [0.25, 0.3) is 0 Å². The summed E-state index contributed by atoms with van der Waals surface area (Å²) < 4.78 is 4.80. The lowest BCUT2D eigenvalue weighted by atomic mass is 9.80. The van der Waals surface area contributed by atoms with Gasteiger partial charge < -0.3 is 15.6 Å². The van der Waals surface area contributed by atoms with Crippen molar-refractivity contribution < 1.29 is 14.6 Å². The Morgan fingerprint density at radius 3 is 2.57 bits per heavy atom. The first-order chi connectivity index (χ1) is 6.60. The van der Waals surface area contributed by atoms with Crippen LogP contribution in [0.15, 0.2) is 0 Å². The molecular formula is C10H19NO3. The Kier molecular flexibility index (Phi) is 3.89. The van der Waals surface area contributed by atoms with Crippen molar-refractivity contribution in [1.29, 1.82) is 0 Å². The number of esters is 1. The molecule has 82 valence electrons. The molecule has 1 aliphatic rings. The summed E-state index contributed by atoms with van der Waals surface area (Å²) in [5.41, 5.74) is 4.65. The first-order valence-electron chi connectivity index (χ1n) is 5.25. The highest BCUT2D eigenvalue weighted by molar-refractivity contribution is 5.77. The van der Waals surface area contributed by atoms with E-state index in [0.29, 0.717) is 19.4 Å². The third-order valence-electron chi connectivity index (χ3n) is 2.84. The minimum absolute atomic E-state index is 0.308. The molecule has 0 saturated heterocycles. The van der Waals surface area contributed by atoms with Gasteiger partial charge in [-0.1, -0.05) is 19.3 Å². The van der Waals surface area contributed by atoms with E-state index in [9.17, 15) is 9.90 Å². The Morgan fingerprint density at radius 2 is 2.07 bits per heavy atom. The van der Waals surface area contributed by atoms with Gasteiger partial charge in [-0.2, -0.15) is 0 Å². The fourth-order valence-electron chi connectivity index (χ4n) is 1.93. The zero-order valence-electron chi connectivity index (χ0n) is 8.66. The standard InChI is InChI=1S/C10H19NO3/c1-2-14-9(12)8(11)10(13)6-4-3-5-7-10/h8,13H,2-7,11H2,1H3. The van der Waals surface area contributed by atoms with Crippen molar-refractivity contribution in [2.75, 3.05) is 6.61 Å². The highest BCUT2D eigenvalue weighted by atomic mass is 16.5. The van der Waals surface area contributed by atoms with Gasteiger partial charge in [0.15, 0.2) is 0 Å². The number of rotatable bonds is 3. The number of hydrogen-bond donors (Lipinski definition) is 2. The van der Waals surface area contributed by atoms with Gasteiger partial charge in [-0.25, -0.2) is 0 Å². The molecule has 0 aromatic carbocycles. The van der Waals surface area contributed by atoms with Gasteiger partial charge in [-0.3, -0.25) is 4.79 Å². The molecule has 1 fully saturated rings. The first kappa shape index (κ1) is 11.5. The molecule has 0 aromatic rings. The predicted molar refractivity (Wildman–Crippen MR) is 52.6 cm³/mol. The van der Waals surface area contributed by atoms with E-state index in [1.165, 1.54) is 0 Å². The quantitative estimate of drug-likeness (QED) is 0.655. The Hall–Kier alpha value is -0.610. The van der Waals surface area contributed by atoms with Gasteiger partial charge in [0.1, 0.15) is 6.04 Å². The minimum Gasteiger partial charge on any atom is -0.465 e. The minimum atomic E-state index is -1.04. The smallest absolute Gasteiger partial charge is 0.325 e. The van der Waals surface area contributed by atoms with E-state index >= 15 is 0 Å². The summed E-state index contributed by atoms with van der Waals surface area (Å²) in [5, 5.41) is 10.1. The van der Waals surface area contributed by atoms with Gasteiger partial charge >= 0.3 is 5.97 Å². The Bertz CT molecular complexity index is 200. The number of nitrogens with two attached hydrogens (primary N) is 1. The highest BCUT2D eigenvalue weighted by Crippen LogP contribution is 2.30. The molecule has 4 heteroatoms. The lowest BCUT2D eigenvalue weighted by molar-refractivity contribution is -0.153. The first-order valence-corrected chi connectivity index (χ1v) is 5.25. The summed E-state index contributed by atoms with van der Waals surface area (Å²) in [6.45, 7) is 2.04. The van der Waals surface area contributed by atoms with Crippen molar-refractivity contribution in [2.24, 2.45) is 5.73 Å². The van der Waals surface area contributed by atoms with Crippen LogP contribution in [0.5, 0.6) is 0 Å². The van der Waals surface area contributed by atoms with Crippen LogP contribution < -0.4 is 5.73 Å². The van der Waals surface area contributed by atoms with Crippen molar-refractivity contribution in [3.63, 3.8) is 0 Å². The SMILES string of the molecule is CCOC(=O)C(N)C1(O)CCCCC1. The van der Waals surface area contributed by atoms with Gasteiger partial charge in [0.25, 0.3) is 0 Å². The van der Waals surface area contributed by atoms with Crippen molar-refractivity contribution in [1.82, 2.24) is 0 Å². The molecule has 1 rings (SSSR count). The summed E-state index contributed by atoms with van der Waals surface area (Å²) in [4.78, 5) is 11.3. The van der Waals surface area contributed by atoms with Crippen molar-refractivity contribution in [3.8, 4) is 0 Å². The van der Waals surface area contributed by atoms with Crippen LogP contribution in [0.2, 0.25) is 0 Å². The normalized spacial score (nSPS) is 22.8. The molecule has 1 atom stereocenters. The van der Waals surface area contributed by atoms with Crippen LogP contribution >= 0.6 is 0 Å². The Balaban J connectivity index is 2.56. The zero-order valence-corrected chi connectivity index (χ0v) is 8.66. The molecule has 0 heterocycles. The van der Waals surface area contributed by atoms with Gasteiger partial charge in [-0.15, -0.1) is 0 Å². The number of hydrogen-bond acceptors (Lipinski definition) is 4. The van der Waals surface area contributed by atoms with E-state index in [1.807, 2.05) is 0 Å². The zero-order chi connectivity index (χ0) is 10.6. The summed E-state index contributed by atoms with van der Waals surface area (Å²) in [5.74, 6) is -0.489. The van der Waals surface area contributed by atoms with E-state index in [0.717, 1.165) is 19.3 Å². The molecule has 0 spiro atoms. The predicted octanol–water partition coefficient (Wildman–Crippen LogP) is 0.572. The molecule has 4 nitrogen and oxygen atoms in total. The van der Waals surface area contributed by atoms with Crippen LogP contribution in [-0.4, -0.2) is 29.3 Å². The monoisotopic (exact) mass is 201 g/mol. The maximum Gasteiger partial charge on any atom is 0.325 e. The molecule has 3 N–H and O–H groups in total. The van der Waals surface area contributed by atoms with Crippen LogP contribution in [-0.2, 0) is 9.53 Å². The fourth-order valence-corrected chi connectivity index (χ4v) is 1.93. The van der Waals surface area contributed by atoms with Gasteiger partial charge in [-0.05, 0) is 19.8 Å². The molecule has 14 heavy (non-hydrogen) atoms. The molecule has 1 saturated carbocycles. The molecule has 0 amide bonds. The largest absolute Gasteiger partial charge is 0.465 e. The number of carbonyl (C=O) groups excluding carboxylic acids is 1. The van der Waals surface area contributed by atoms with Crippen molar-refractivity contribution in [3.05, 3.63) is 0 Å². The molecule has 1 aliphatic carbocycles. The van der Waals surface area contributed by atoms with Crippen LogP contribution in [0.3, 0.4) is 0 Å². The average Bonchev–Trinajstić information content (AvgIpc) is 2.18. The summed E-state index contributed by atoms with van der Waals surface area (Å²) in [6.07, 6.45) is 4.19. The summed E-state index contributed by atoms with van der Waals surface area (Å²) in [6, 6.07) is -0.886.